The lowest BCUT2D eigenvalue weighted by Gasteiger charge is -2.06. The molecule has 3 rings (SSSR count). The Bertz CT molecular complexity index is 917. The number of rotatable bonds is 2. The van der Waals surface area contributed by atoms with E-state index < -0.39 is 5.56 Å². The van der Waals surface area contributed by atoms with Gasteiger partial charge in [0.15, 0.2) is 17.0 Å². The Hall–Kier alpha value is -3.14. The Labute approximate surface area is 118 Å². The first kappa shape index (κ1) is 12.9. The summed E-state index contributed by atoms with van der Waals surface area (Å²) in [6.07, 6.45) is 5.42. The first-order valence-electron chi connectivity index (χ1n) is 6.05. The van der Waals surface area contributed by atoms with Crippen molar-refractivity contribution < 1.29 is 4.39 Å². The number of nitrogen functional groups attached to an aromatic ring is 1. The maximum atomic E-state index is 12.9. The molecule has 0 aliphatic heterocycles. The fraction of sp³-hybridized carbons (Fsp3) is 0.0714. The van der Waals surface area contributed by atoms with Gasteiger partial charge in [-0.05, 0) is 23.6 Å². The van der Waals surface area contributed by atoms with Crippen molar-refractivity contribution in [2.75, 3.05) is 5.73 Å². The molecule has 2 heterocycles. The van der Waals surface area contributed by atoms with E-state index in [-0.39, 0.29) is 23.1 Å². The van der Waals surface area contributed by atoms with E-state index in [1.54, 1.807) is 16.7 Å². The maximum absolute atomic E-state index is 12.9. The molecule has 0 fully saturated rings. The number of nitrogens with one attached hydrogen (secondary N) is 1. The van der Waals surface area contributed by atoms with Gasteiger partial charge in [-0.2, -0.15) is 4.98 Å². The number of hydrogen-bond donors (Lipinski definition) is 2. The number of halogens is 1. The van der Waals surface area contributed by atoms with E-state index in [0.29, 0.717) is 12.2 Å². The van der Waals surface area contributed by atoms with Gasteiger partial charge in [-0.1, -0.05) is 12.1 Å². The Morgan fingerprint density at radius 1 is 1.33 bits per heavy atom. The van der Waals surface area contributed by atoms with Gasteiger partial charge >= 0.3 is 0 Å². The molecule has 0 unspecified atom stereocenters. The fourth-order valence-electron chi connectivity index (χ4n) is 2.06. The van der Waals surface area contributed by atoms with Crippen LogP contribution in [0.4, 0.5) is 10.3 Å². The quantitative estimate of drug-likeness (QED) is 0.683. The average Bonchev–Trinajstić information content (AvgIpc) is 2.80. The van der Waals surface area contributed by atoms with Gasteiger partial charge in [0.2, 0.25) is 5.95 Å². The van der Waals surface area contributed by atoms with Crippen LogP contribution in [0.1, 0.15) is 11.4 Å². The van der Waals surface area contributed by atoms with Gasteiger partial charge < -0.3 is 5.73 Å². The summed E-state index contributed by atoms with van der Waals surface area (Å²) in [4.78, 5) is 22.3. The number of H-pyrrole nitrogens is 1. The molecule has 1 aromatic carbocycles. The highest BCUT2D eigenvalue weighted by Gasteiger charge is 2.14. The molecule has 6 nitrogen and oxygen atoms in total. The third-order valence-electron chi connectivity index (χ3n) is 3.01. The van der Waals surface area contributed by atoms with Crippen molar-refractivity contribution in [3.63, 3.8) is 0 Å². The highest BCUT2D eigenvalue weighted by atomic mass is 19.1. The average molecular weight is 283 g/mol. The predicted octanol–water partition coefficient (Wildman–Crippen LogP) is 0.870. The molecule has 0 aliphatic carbocycles. The molecule has 104 valence electrons. The molecule has 0 radical (unpaired) electrons. The van der Waals surface area contributed by atoms with E-state index in [1.807, 2.05) is 0 Å². The van der Waals surface area contributed by atoms with Crippen molar-refractivity contribution in [3.05, 3.63) is 51.8 Å². The summed E-state index contributed by atoms with van der Waals surface area (Å²) in [5.41, 5.74) is 6.32. The summed E-state index contributed by atoms with van der Waals surface area (Å²) in [6, 6.07) is 5.94. The first-order chi connectivity index (χ1) is 10.1. The van der Waals surface area contributed by atoms with E-state index in [0.717, 1.165) is 5.56 Å². The molecule has 2 aromatic heterocycles. The van der Waals surface area contributed by atoms with E-state index in [1.165, 1.54) is 12.1 Å². The molecule has 0 atom stereocenters. The van der Waals surface area contributed by atoms with Crippen LogP contribution in [0.25, 0.3) is 11.2 Å². The lowest BCUT2D eigenvalue weighted by atomic mass is 10.2. The number of benzene rings is 1. The molecule has 3 aromatic rings. The van der Waals surface area contributed by atoms with Crippen LogP contribution in [0.5, 0.6) is 0 Å². The van der Waals surface area contributed by atoms with Crippen LogP contribution in [-0.2, 0) is 6.54 Å². The summed E-state index contributed by atoms with van der Waals surface area (Å²) in [5, 5.41) is 0. The van der Waals surface area contributed by atoms with Crippen LogP contribution < -0.4 is 11.3 Å². The SMILES string of the molecule is C#Cc1nc2c(=O)[nH]c(N)nc2n1Cc1ccc(F)cc1. The zero-order valence-corrected chi connectivity index (χ0v) is 10.8. The van der Waals surface area contributed by atoms with Gasteiger partial charge in [0, 0.05) is 0 Å². The minimum atomic E-state index is -0.452. The normalized spacial score (nSPS) is 10.7. The number of nitrogens with zero attached hydrogens (tertiary/aromatic N) is 3. The molecule has 21 heavy (non-hydrogen) atoms. The highest BCUT2D eigenvalue weighted by Crippen LogP contribution is 2.14. The minimum Gasteiger partial charge on any atom is -0.369 e. The van der Waals surface area contributed by atoms with Gasteiger partial charge in [0.25, 0.3) is 5.56 Å². The lowest BCUT2D eigenvalue weighted by Crippen LogP contribution is -2.12. The first-order valence-corrected chi connectivity index (χ1v) is 6.05. The van der Waals surface area contributed by atoms with E-state index in [2.05, 4.69) is 20.9 Å². The van der Waals surface area contributed by atoms with Crippen LogP contribution in [0, 0.1) is 18.2 Å². The van der Waals surface area contributed by atoms with Gasteiger partial charge in [-0.3, -0.25) is 14.3 Å². The molecule has 0 bridgehead atoms. The lowest BCUT2D eigenvalue weighted by molar-refractivity contribution is 0.626. The van der Waals surface area contributed by atoms with E-state index >= 15 is 0 Å². The second-order valence-corrected chi connectivity index (χ2v) is 4.42. The molecular weight excluding hydrogens is 273 g/mol. The zero-order valence-electron chi connectivity index (χ0n) is 10.8. The number of fused-ring (bicyclic) bond motifs is 1. The Morgan fingerprint density at radius 2 is 2.05 bits per heavy atom. The van der Waals surface area contributed by atoms with Crippen LogP contribution in [0.3, 0.4) is 0 Å². The van der Waals surface area contributed by atoms with Crippen molar-refractivity contribution in [2.45, 2.75) is 6.54 Å². The molecule has 0 saturated carbocycles. The summed E-state index contributed by atoms with van der Waals surface area (Å²) in [7, 11) is 0. The van der Waals surface area contributed by atoms with Gasteiger partial charge in [-0.25, -0.2) is 9.37 Å². The van der Waals surface area contributed by atoms with Crippen LogP contribution >= 0.6 is 0 Å². The summed E-state index contributed by atoms with van der Waals surface area (Å²) in [5.74, 6) is 2.32. The monoisotopic (exact) mass is 283 g/mol. The molecule has 7 heteroatoms. The second-order valence-electron chi connectivity index (χ2n) is 4.42. The Morgan fingerprint density at radius 3 is 2.71 bits per heavy atom. The van der Waals surface area contributed by atoms with Gasteiger partial charge in [0.1, 0.15) is 5.82 Å². The Kier molecular flexibility index (Phi) is 2.92. The van der Waals surface area contributed by atoms with Crippen LogP contribution in [-0.4, -0.2) is 19.5 Å². The largest absolute Gasteiger partial charge is 0.369 e. The predicted molar refractivity (Wildman–Crippen MR) is 76.0 cm³/mol. The third-order valence-corrected chi connectivity index (χ3v) is 3.01. The maximum Gasteiger partial charge on any atom is 0.280 e. The number of terminal acetylenes is 1. The number of imidazole rings is 1. The second kappa shape index (κ2) is 4.76. The third kappa shape index (κ3) is 2.23. The molecular formula is C14H10FN5O. The number of nitrogens with two attached hydrogens (primary N) is 1. The topological polar surface area (TPSA) is 89.6 Å². The molecule has 0 aliphatic rings. The highest BCUT2D eigenvalue weighted by molar-refractivity contribution is 5.72. The van der Waals surface area contributed by atoms with Crippen molar-refractivity contribution in [1.82, 2.24) is 19.5 Å². The van der Waals surface area contributed by atoms with Crippen molar-refractivity contribution in [3.8, 4) is 12.3 Å². The standard InChI is InChI=1S/C14H10FN5O/c1-2-10-17-11-12(18-14(16)19-13(11)21)20(10)7-8-3-5-9(15)6-4-8/h1,3-6H,7H2,(H3,16,18,19,21). The zero-order chi connectivity index (χ0) is 15.0. The summed E-state index contributed by atoms with van der Waals surface area (Å²) < 4.78 is 14.5. The van der Waals surface area contributed by atoms with E-state index in [9.17, 15) is 9.18 Å². The molecule has 0 saturated heterocycles. The van der Waals surface area contributed by atoms with Crippen molar-refractivity contribution >= 4 is 17.1 Å². The minimum absolute atomic E-state index is 0.0173. The number of anilines is 1. The summed E-state index contributed by atoms with van der Waals surface area (Å²) >= 11 is 0. The molecule has 3 N–H and O–H groups in total. The van der Waals surface area contributed by atoms with Gasteiger partial charge in [-0.15, -0.1) is 6.42 Å². The number of aromatic nitrogens is 4. The van der Waals surface area contributed by atoms with Crippen LogP contribution in [0.15, 0.2) is 29.1 Å². The fourth-order valence-corrected chi connectivity index (χ4v) is 2.06. The van der Waals surface area contributed by atoms with Crippen LogP contribution in [0.2, 0.25) is 0 Å². The van der Waals surface area contributed by atoms with Gasteiger partial charge in [0.05, 0.1) is 6.54 Å². The summed E-state index contributed by atoms with van der Waals surface area (Å²) in [6.45, 7) is 0.312. The smallest absolute Gasteiger partial charge is 0.280 e. The number of hydrogen-bond acceptors (Lipinski definition) is 4. The van der Waals surface area contributed by atoms with E-state index in [4.69, 9.17) is 12.2 Å². The van der Waals surface area contributed by atoms with Crippen molar-refractivity contribution in [1.29, 1.82) is 0 Å². The number of aromatic amines is 1. The van der Waals surface area contributed by atoms with Crippen molar-refractivity contribution in [2.24, 2.45) is 0 Å². The molecule has 0 amide bonds. The Balaban J connectivity index is 2.19. The molecule has 0 spiro atoms.